The SMILES string of the molecule is CC(=N)OC(C)(C)C(F)(F)F. The molecule has 0 amide bonds. The fourth-order valence-electron chi connectivity index (χ4n) is 0.441. The highest BCUT2D eigenvalue weighted by molar-refractivity contribution is 5.69. The van der Waals surface area contributed by atoms with Gasteiger partial charge < -0.3 is 4.74 Å². The first kappa shape index (κ1) is 10.3. The van der Waals surface area contributed by atoms with Crippen LogP contribution in [-0.2, 0) is 4.74 Å². The van der Waals surface area contributed by atoms with E-state index >= 15 is 0 Å². The Kier molecular flexibility index (Phi) is 2.53. The summed E-state index contributed by atoms with van der Waals surface area (Å²) in [4.78, 5) is 0. The third-order valence-electron chi connectivity index (χ3n) is 1.09. The highest BCUT2D eigenvalue weighted by Crippen LogP contribution is 2.32. The Hall–Kier alpha value is -0.740. The quantitative estimate of drug-likeness (QED) is 0.474. The van der Waals surface area contributed by atoms with Crippen LogP contribution in [0.3, 0.4) is 0 Å². The maximum absolute atomic E-state index is 12.0. The molecular formula is C6H10F3NO. The number of hydrogen-bond donors (Lipinski definition) is 1. The van der Waals surface area contributed by atoms with Gasteiger partial charge in [0.15, 0.2) is 11.5 Å². The van der Waals surface area contributed by atoms with Crippen molar-refractivity contribution in [1.82, 2.24) is 0 Å². The zero-order valence-electron chi connectivity index (χ0n) is 6.54. The molecule has 0 saturated heterocycles. The van der Waals surface area contributed by atoms with Crippen molar-refractivity contribution in [2.24, 2.45) is 0 Å². The van der Waals surface area contributed by atoms with E-state index in [1.165, 1.54) is 0 Å². The fourth-order valence-corrected chi connectivity index (χ4v) is 0.441. The lowest BCUT2D eigenvalue weighted by atomic mass is 10.1. The zero-order chi connectivity index (χ0) is 9.28. The number of nitrogens with one attached hydrogen (secondary N) is 1. The highest BCUT2D eigenvalue weighted by Gasteiger charge is 2.49. The van der Waals surface area contributed by atoms with Gasteiger partial charge in [-0.3, -0.25) is 5.41 Å². The lowest BCUT2D eigenvalue weighted by Crippen LogP contribution is -2.42. The molecule has 5 heteroatoms. The summed E-state index contributed by atoms with van der Waals surface area (Å²) in [6.45, 7) is 2.92. The van der Waals surface area contributed by atoms with E-state index in [1.54, 1.807) is 0 Å². The molecule has 1 N–H and O–H groups in total. The molecule has 0 aliphatic rings. The Morgan fingerprint density at radius 3 is 1.73 bits per heavy atom. The third kappa shape index (κ3) is 2.78. The molecule has 0 aliphatic heterocycles. The van der Waals surface area contributed by atoms with Crippen molar-refractivity contribution < 1.29 is 17.9 Å². The van der Waals surface area contributed by atoms with Crippen molar-refractivity contribution in [3.8, 4) is 0 Å². The summed E-state index contributed by atoms with van der Waals surface area (Å²) >= 11 is 0. The number of hydrogen-bond acceptors (Lipinski definition) is 2. The second-order valence-corrected chi connectivity index (χ2v) is 2.67. The first-order chi connectivity index (χ1) is 4.67. The highest BCUT2D eigenvalue weighted by atomic mass is 19.4. The molecular weight excluding hydrogens is 159 g/mol. The maximum Gasteiger partial charge on any atom is 0.427 e. The second-order valence-electron chi connectivity index (χ2n) is 2.67. The van der Waals surface area contributed by atoms with Crippen molar-refractivity contribution in [1.29, 1.82) is 5.41 Å². The predicted octanol–water partition coefficient (Wildman–Crippen LogP) is 2.34. The number of rotatable bonds is 1. The number of alkyl halides is 3. The molecule has 0 saturated carbocycles. The van der Waals surface area contributed by atoms with Gasteiger partial charge in [0.1, 0.15) is 0 Å². The average molecular weight is 169 g/mol. The van der Waals surface area contributed by atoms with Gasteiger partial charge in [0.2, 0.25) is 0 Å². The second kappa shape index (κ2) is 2.71. The Labute approximate surface area is 62.9 Å². The minimum Gasteiger partial charge on any atom is -0.466 e. The molecule has 0 bridgehead atoms. The summed E-state index contributed by atoms with van der Waals surface area (Å²) < 4.78 is 40.2. The molecule has 0 aromatic carbocycles. The molecule has 2 nitrogen and oxygen atoms in total. The van der Waals surface area contributed by atoms with E-state index in [0.717, 1.165) is 20.8 Å². The summed E-state index contributed by atoms with van der Waals surface area (Å²) in [5.74, 6) is -0.438. The first-order valence-electron chi connectivity index (χ1n) is 2.98. The molecule has 0 aromatic rings. The van der Waals surface area contributed by atoms with Crippen LogP contribution in [-0.4, -0.2) is 17.7 Å². The lowest BCUT2D eigenvalue weighted by Gasteiger charge is -2.27. The monoisotopic (exact) mass is 169 g/mol. The van der Waals surface area contributed by atoms with E-state index in [4.69, 9.17) is 5.41 Å². The summed E-state index contributed by atoms with van der Waals surface area (Å²) in [6, 6.07) is 0. The van der Waals surface area contributed by atoms with Crippen LogP contribution in [0.15, 0.2) is 0 Å². The average Bonchev–Trinajstić information content (AvgIpc) is 1.56. The van der Waals surface area contributed by atoms with Gasteiger partial charge >= 0.3 is 6.18 Å². The maximum atomic E-state index is 12.0. The normalized spacial score (nSPS) is 12.9. The predicted molar refractivity (Wildman–Crippen MR) is 34.6 cm³/mol. The summed E-state index contributed by atoms with van der Waals surface area (Å²) in [7, 11) is 0. The van der Waals surface area contributed by atoms with Crippen LogP contribution < -0.4 is 0 Å². The molecule has 0 rings (SSSR count). The van der Waals surface area contributed by atoms with E-state index < -0.39 is 17.7 Å². The van der Waals surface area contributed by atoms with Crippen LogP contribution in [0, 0.1) is 5.41 Å². The zero-order valence-corrected chi connectivity index (χ0v) is 6.54. The largest absolute Gasteiger partial charge is 0.466 e. The topological polar surface area (TPSA) is 33.1 Å². The molecule has 0 aliphatic carbocycles. The van der Waals surface area contributed by atoms with Gasteiger partial charge in [0.25, 0.3) is 0 Å². The molecule has 0 fully saturated rings. The van der Waals surface area contributed by atoms with Crippen LogP contribution in [0.1, 0.15) is 20.8 Å². The molecule has 0 spiro atoms. The summed E-state index contributed by atoms with van der Waals surface area (Å²) in [6.07, 6.45) is -4.44. The van der Waals surface area contributed by atoms with E-state index in [0.29, 0.717) is 0 Å². The van der Waals surface area contributed by atoms with E-state index in [9.17, 15) is 13.2 Å². The lowest BCUT2D eigenvalue weighted by molar-refractivity contribution is -0.239. The Balaban J connectivity index is 4.34. The van der Waals surface area contributed by atoms with E-state index in [2.05, 4.69) is 4.74 Å². The van der Waals surface area contributed by atoms with Crippen LogP contribution in [0.2, 0.25) is 0 Å². The third-order valence-corrected chi connectivity index (χ3v) is 1.09. The van der Waals surface area contributed by atoms with Crippen LogP contribution in [0.4, 0.5) is 13.2 Å². The molecule has 66 valence electrons. The Morgan fingerprint density at radius 2 is 1.64 bits per heavy atom. The molecule has 0 heterocycles. The van der Waals surface area contributed by atoms with Gasteiger partial charge in [-0.1, -0.05) is 0 Å². The molecule has 0 aromatic heterocycles. The van der Waals surface area contributed by atoms with Gasteiger partial charge in [-0.25, -0.2) is 0 Å². The fraction of sp³-hybridized carbons (Fsp3) is 0.833. The van der Waals surface area contributed by atoms with Gasteiger partial charge in [-0.15, -0.1) is 0 Å². The summed E-state index contributed by atoms with van der Waals surface area (Å²) in [5, 5.41) is 6.71. The van der Waals surface area contributed by atoms with Gasteiger partial charge in [-0.2, -0.15) is 13.2 Å². The molecule has 11 heavy (non-hydrogen) atoms. The van der Waals surface area contributed by atoms with Crippen molar-refractivity contribution in [2.75, 3.05) is 0 Å². The Bertz CT molecular complexity index is 162. The van der Waals surface area contributed by atoms with Crippen molar-refractivity contribution >= 4 is 5.90 Å². The van der Waals surface area contributed by atoms with Gasteiger partial charge in [0.05, 0.1) is 0 Å². The van der Waals surface area contributed by atoms with Crippen molar-refractivity contribution in [2.45, 2.75) is 32.5 Å². The van der Waals surface area contributed by atoms with Crippen LogP contribution in [0.5, 0.6) is 0 Å². The smallest absolute Gasteiger partial charge is 0.427 e. The van der Waals surface area contributed by atoms with E-state index in [1.807, 2.05) is 0 Å². The van der Waals surface area contributed by atoms with Gasteiger partial charge in [0, 0.05) is 6.92 Å². The molecule has 0 unspecified atom stereocenters. The molecule has 0 radical (unpaired) electrons. The first-order valence-corrected chi connectivity index (χ1v) is 2.98. The van der Waals surface area contributed by atoms with E-state index in [-0.39, 0.29) is 0 Å². The van der Waals surface area contributed by atoms with Crippen molar-refractivity contribution in [3.05, 3.63) is 0 Å². The molecule has 0 atom stereocenters. The minimum atomic E-state index is -4.44. The number of ether oxygens (including phenoxy) is 1. The van der Waals surface area contributed by atoms with Gasteiger partial charge in [-0.05, 0) is 13.8 Å². The number of halogens is 3. The van der Waals surface area contributed by atoms with Crippen molar-refractivity contribution in [3.63, 3.8) is 0 Å². The van der Waals surface area contributed by atoms with Crippen LogP contribution >= 0.6 is 0 Å². The minimum absolute atomic E-state index is 0.438. The van der Waals surface area contributed by atoms with Crippen LogP contribution in [0.25, 0.3) is 0 Å². The Morgan fingerprint density at radius 1 is 1.27 bits per heavy atom. The summed E-state index contributed by atoms with van der Waals surface area (Å²) in [5.41, 5.74) is -2.27. The standard InChI is InChI=1S/C6H10F3NO/c1-4(10)11-5(2,3)6(7,8)9/h10H,1-3H3.